The number of hydrogen-bond acceptors (Lipinski definition) is 2. The predicted molar refractivity (Wildman–Crippen MR) is 60.7 cm³/mol. The summed E-state index contributed by atoms with van der Waals surface area (Å²) in [6, 6.07) is 8.02. The monoisotopic (exact) mass is 210 g/mol. The number of para-hydroxylation sites is 1. The van der Waals surface area contributed by atoms with E-state index in [0.717, 1.165) is 25.2 Å². The van der Waals surface area contributed by atoms with Crippen molar-refractivity contribution in [3.05, 3.63) is 29.8 Å². The molecule has 1 aromatic rings. The van der Waals surface area contributed by atoms with Crippen LogP contribution in [-0.4, -0.2) is 18.5 Å². The summed E-state index contributed by atoms with van der Waals surface area (Å²) in [5.41, 5.74) is 8.00. The van der Waals surface area contributed by atoms with E-state index in [1.807, 2.05) is 18.2 Å². The average molecular weight is 211 g/mol. The number of halogens is 1. The Morgan fingerprint density at radius 1 is 1.36 bits per heavy atom. The van der Waals surface area contributed by atoms with Crippen molar-refractivity contribution in [3.8, 4) is 0 Å². The van der Waals surface area contributed by atoms with E-state index < -0.39 is 0 Å². The zero-order valence-corrected chi connectivity index (χ0v) is 8.80. The number of benzene rings is 1. The van der Waals surface area contributed by atoms with Crippen LogP contribution in [0.3, 0.4) is 0 Å². The fraction of sp³-hybridized carbons (Fsp3) is 0.455. The van der Waals surface area contributed by atoms with E-state index in [2.05, 4.69) is 11.4 Å². The van der Waals surface area contributed by atoms with Crippen molar-refractivity contribution in [1.82, 2.24) is 5.32 Å². The summed E-state index contributed by atoms with van der Waals surface area (Å²) in [5.74, 6) is 0.402. The Balaban J connectivity index is 2.25. The third-order valence-corrected chi connectivity index (χ3v) is 3.26. The van der Waals surface area contributed by atoms with Crippen molar-refractivity contribution in [2.75, 3.05) is 18.8 Å². The van der Waals surface area contributed by atoms with Gasteiger partial charge in [-0.15, -0.1) is 11.6 Å². The Kier molecular flexibility index (Phi) is 2.94. The molecule has 0 aromatic heterocycles. The van der Waals surface area contributed by atoms with Gasteiger partial charge in [0.25, 0.3) is 0 Å². The molecule has 0 aliphatic carbocycles. The van der Waals surface area contributed by atoms with Gasteiger partial charge in [0.15, 0.2) is 0 Å². The second kappa shape index (κ2) is 4.20. The predicted octanol–water partition coefficient (Wildman–Crippen LogP) is 1.95. The maximum absolute atomic E-state index is 6.27. The van der Waals surface area contributed by atoms with Gasteiger partial charge in [0.2, 0.25) is 0 Å². The van der Waals surface area contributed by atoms with Gasteiger partial charge >= 0.3 is 0 Å². The normalized spacial score (nSPS) is 27.5. The summed E-state index contributed by atoms with van der Waals surface area (Å²) in [6.45, 7) is 1.91. The summed E-state index contributed by atoms with van der Waals surface area (Å²) >= 11 is 6.27. The quantitative estimate of drug-likeness (QED) is 0.549. The van der Waals surface area contributed by atoms with Crippen molar-refractivity contribution in [3.63, 3.8) is 0 Å². The number of nitrogens with two attached hydrogens (primary N) is 1. The lowest BCUT2D eigenvalue weighted by Gasteiger charge is -2.28. The molecule has 3 N–H and O–H groups in total. The van der Waals surface area contributed by atoms with Crippen LogP contribution in [0, 0.1) is 0 Å². The highest BCUT2D eigenvalue weighted by molar-refractivity contribution is 6.21. The molecule has 2 unspecified atom stereocenters. The third kappa shape index (κ3) is 1.86. The molecule has 1 fully saturated rings. The number of hydrogen-bond donors (Lipinski definition) is 2. The van der Waals surface area contributed by atoms with E-state index in [1.165, 1.54) is 5.56 Å². The molecule has 1 aromatic carbocycles. The molecule has 1 saturated heterocycles. The van der Waals surface area contributed by atoms with E-state index >= 15 is 0 Å². The molecule has 1 heterocycles. The first-order chi connectivity index (χ1) is 6.79. The van der Waals surface area contributed by atoms with Gasteiger partial charge in [0, 0.05) is 18.2 Å². The molecular formula is C11H15ClN2. The van der Waals surface area contributed by atoms with Crippen LogP contribution in [-0.2, 0) is 0 Å². The van der Waals surface area contributed by atoms with Crippen LogP contribution in [0.4, 0.5) is 5.69 Å². The lowest BCUT2D eigenvalue weighted by Crippen LogP contribution is -2.36. The molecule has 0 spiro atoms. The second-order valence-electron chi connectivity index (χ2n) is 3.74. The molecule has 0 amide bonds. The molecule has 2 atom stereocenters. The Morgan fingerprint density at radius 2 is 2.14 bits per heavy atom. The summed E-state index contributed by atoms with van der Waals surface area (Å²) in [6.07, 6.45) is 1.07. The van der Waals surface area contributed by atoms with E-state index in [0.29, 0.717) is 5.92 Å². The van der Waals surface area contributed by atoms with Crippen LogP contribution < -0.4 is 11.1 Å². The van der Waals surface area contributed by atoms with Gasteiger partial charge < -0.3 is 11.1 Å². The number of nitrogens with one attached hydrogen (secondary N) is 1. The molecule has 2 nitrogen and oxygen atoms in total. The Bertz CT molecular complexity index is 314. The van der Waals surface area contributed by atoms with Crippen LogP contribution in [0.1, 0.15) is 17.9 Å². The minimum atomic E-state index is 0.161. The molecule has 0 bridgehead atoms. The van der Waals surface area contributed by atoms with Crippen LogP contribution in [0.5, 0.6) is 0 Å². The third-order valence-electron chi connectivity index (χ3n) is 2.80. The lowest BCUT2D eigenvalue weighted by atomic mass is 9.89. The average Bonchev–Trinajstić information content (AvgIpc) is 2.20. The van der Waals surface area contributed by atoms with Gasteiger partial charge in [-0.2, -0.15) is 0 Å². The second-order valence-corrected chi connectivity index (χ2v) is 4.30. The zero-order chi connectivity index (χ0) is 9.97. The SMILES string of the molecule is Nc1ccccc1C1CCNCC1Cl. The van der Waals surface area contributed by atoms with Crippen molar-refractivity contribution < 1.29 is 0 Å². The maximum atomic E-state index is 6.27. The van der Waals surface area contributed by atoms with E-state index in [-0.39, 0.29) is 5.38 Å². The van der Waals surface area contributed by atoms with E-state index in [1.54, 1.807) is 0 Å². The van der Waals surface area contributed by atoms with Crippen LogP contribution >= 0.6 is 11.6 Å². The topological polar surface area (TPSA) is 38.0 Å². The molecule has 0 saturated carbocycles. The minimum absolute atomic E-state index is 0.161. The van der Waals surface area contributed by atoms with Crippen molar-refractivity contribution >= 4 is 17.3 Å². The summed E-state index contributed by atoms with van der Waals surface area (Å²) in [5, 5.41) is 3.44. The number of nitrogen functional groups attached to an aromatic ring is 1. The first-order valence-corrected chi connectivity index (χ1v) is 5.42. The van der Waals surface area contributed by atoms with Gasteiger partial charge in [-0.3, -0.25) is 0 Å². The van der Waals surface area contributed by atoms with Crippen molar-refractivity contribution in [2.24, 2.45) is 0 Å². The van der Waals surface area contributed by atoms with Crippen LogP contribution in [0.25, 0.3) is 0 Å². The first kappa shape index (κ1) is 9.81. The zero-order valence-electron chi connectivity index (χ0n) is 8.04. The highest BCUT2D eigenvalue weighted by Gasteiger charge is 2.25. The number of piperidine rings is 1. The Morgan fingerprint density at radius 3 is 2.86 bits per heavy atom. The Hall–Kier alpha value is -0.730. The molecule has 2 rings (SSSR count). The number of rotatable bonds is 1. The number of anilines is 1. The van der Waals surface area contributed by atoms with Crippen molar-refractivity contribution in [1.29, 1.82) is 0 Å². The van der Waals surface area contributed by atoms with Gasteiger partial charge in [0.1, 0.15) is 0 Å². The van der Waals surface area contributed by atoms with Gasteiger partial charge in [-0.25, -0.2) is 0 Å². The van der Waals surface area contributed by atoms with E-state index in [4.69, 9.17) is 17.3 Å². The summed E-state index contributed by atoms with van der Waals surface area (Å²) in [4.78, 5) is 0. The van der Waals surface area contributed by atoms with Crippen LogP contribution in [0.2, 0.25) is 0 Å². The molecule has 0 radical (unpaired) electrons. The summed E-state index contributed by atoms with van der Waals surface area (Å²) < 4.78 is 0. The van der Waals surface area contributed by atoms with Gasteiger partial charge in [-0.05, 0) is 24.6 Å². The largest absolute Gasteiger partial charge is 0.398 e. The smallest absolute Gasteiger partial charge is 0.0530 e. The van der Waals surface area contributed by atoms with Gasteiger partial charge in [-0.1, -0.05) is 18.2 Å². The van der Waals surface area contributed by atoms with E-state index in [9.17, 15) is 0 Å². The highest BCUT2D eigenvalue weighted by atomic mass is 35.5. The maximum Gasteiger partial charge on any atom is 0.0530 e. The number of alkyl halides is 1. The molecule has 3 heteroatoms. The molecular weight excluding hydrogens is 196 g/mol. The lowest BCUT2D eigenvalue weighted by molar-refractivity contribution is 0.468. The first-order valence-electron chi connectivity index (χ1n) is 4.98. The molecule has 1 aliphatic rings. The summed E-state index contributed by atoms with van der Waals surface area (Å²) in [7, 11) is 0. The standard InChI is InChI=1S/C11H15ClN2/c12-10-7-14-6-5-8(10)9-3-1-2-4-11(9)13/h1-4,8,10,14H,5-7,13H2. The molecule has 76 valence electrons. The Labute approximate surface area is 89.4 Å². The fourth-order valence-corrected chi connectivity index (χ4v) is 2.39. The molecule has 1 aliphatic heterocycles. The fourth-order valence-electron chi connectivity index (χ4n) is 2.02. The van der Waals surface area contributed by atoms with Gasteiger partial charge in [0.05, 0.1) is 5.38 Å². The van der Waals surface area contributed by atoms with Crippen LogP contribution in [0.15, 0.2) is 24.3 Å². The highest BCUT2D eigenvalue weighted by Crippen LogP contribution is 2.32. The molecule has 14 heavy (non-hydrogen) atoms. The minimum Gasteiger partial charge on any atom is -0.398 e. The van der Waals surface area contributed by atoms with Crippen molar-refractivity contribution in [2.45, 2.75) is 17.7 Å².